The third kappa shape index (κ3) is 2.38. The van der Waals surface area contributed by atoms with Crippen LogP contribution in [0.2, 0.25) is 20.1 Å². The maximum Gasteiger partial charge on any atom is 0.144 e. The van der Waals surface area contributed by atoms with Crippen molar-refractivity contribution in [3.05, 3.63) is 56.0 Å². The number of hydrogen-bond donors (Lipinski definition) is 1. The zero-order valence-electron chi connectivity index (χ0n) is 9.75. The molecular weight excluding hydrogens is 358 g/mol. The van der Waals surface area contributed by atoms with Crippen molar-refractivity contribution in [2.24, 2.45) is 4.99 Å². The van der Waals surface area contributed by atoms with Gasteiger partial charge < -0.3 is 4.72 Å². The lowest BCUT2D eigenvalue weighted by Gasteiger charge is -2.20. The molecule has 20 heavy (non-hydrogen) atoms. The van der Waals surface area contributed by atoms with Gasteiger partial charge in [-0.1, -0.05) is 76.7 Å². The molecule has 2 aromatic carbocycles. The van der Waals surface area contributed by atoms with Crippen LogP contribution in [-0.4, -0.2) is 5.84 Å². The standard InChI is InChI=1S/C13H6Cl4N2S/c14-7-8(15)10(17)12-11(9(7)16)18-13(19-20-12)6-4-2-1-3-5-6/h1-5H,(H,18,19). The molecule has 1 heterocycles. The Morgan fingerprint density at radius 2 is 1.50 bits per heavy atom. The summed E-state index contributed by atoms with van der Waals surface area (Å²) in [5, 5.41) is 1.11. The summed E-state index contributed by atoms with van der Waals surface area (Å²) >= 11 is 25.8. The van der Waals surface area contributed by atoms with Gasteiger partial charge in [-0.3, -0.25) is 0 Å². The lowest BCUT2D eigenvalue weighted by molar-refractivity contribution is 1.28. The van der Waals surface area contributed by atoms with E-state index in [1.807, 2.05) is 30.3 Å². The summed E-state index contributed by atoms with van der Waals surface area (Å²) in [7, 11) is 0. The van der Waals surface area contributed by atoms with E-state index in [-0.39, 0.29) is 10.0 Å². The van der Waals surface area contributed by atoms with Gasteiger partial charge in [-0.05, 0) is 11.9 Å². The number of rotatable bonds is 1. The topological polar surface area (TPSA) is 24.4 Å². The Labute approximate surface area is 140 Å². The number of halogens is 4. The van der Waals surface area contributed by atoms with Gasteiger partial charge >= 0.3 is 0 Å². The normalized spacial score (nSPS) is 13.5. The van der Waals surface area contributed by atoms with E-state index in [0.717, 1.165) is 5.56 Å². The van der Waals surface area contributed by atoms with Crippen LogP contribution >= 0.6 is 58.4 Å². The molecule has 102 valence electrons. The Morgan fingerprint density at radius 3 is 2.20 bits per heavy atom. The van der Waals surface area contributed by atoms with Crippen LogP contribution in [-0.2, 0) is 0 Å². The highest BCUT2D eigenvalue weighted by atomic mass is 35.5. The molecular formula is C13H6Cl4N2S. The molecule has 2 aromatic rings. The Morgan fingerprint density at radius 1 is 0.850 bits per heavy atom. The Bertz CT molecular complexity index is 716. The molecule has 0 aliphatic carbocycles. The largest absolute Gasteiger partial charge is 0.310 e. The van der Waals surface area contributed by atoms with Crippen molar-refractivity contribution in [3.8, 4) is 0 Å². The summed E-state index contributed by atoms with van der Waals surface area (Å²) < 4.78 is 3.13. The van der Waals surface area contributed by atoms with Crippen LogP contribution in [0.4, 0.5) is 5.69 Å². The van der Waals surface area contributed by atoms with Gasteiger partial charge in [0.25, 0.3) is 0 Å². The first kappa shape index (κ1) is 14.4. The molecule has 3 rings (SSSR count). The molecule has 0 fully saturated rings. The fraction of sp³-hybridized carbons (Fsp3) is 0. The number of amidine groups is 1. The number of fused-ring (bicyclic) bond motifs is 1. The van der Waals surface area contributed by atoms with E-state index in [0.29, 0.717) is 26.5 Å². The van der Waals surface area contributed by atoms with Gasteiger partial charge in [0.2, 0.25) is 0 Å². The first-order valence-electron chi connectivity index (χ1n) is 5.52. The minimum atomic E-state index is 0.218. The highest BCUT2D eigenvalue weighted by molar-refractivity contribution is 7.98. The van der Waals surface area contributed by atoms with E-state index in [4.69, 9.17) is 46.4 Å². The van der Waals surface area contributed by atoms with Crippen LogP contribution in [0.1, 0.15) is 5.56 Å². The van der Waals surface area contributed by atoms with Gasteiger partial charge in [0.1, 0.15) is 11.5 Å². The number of nitrogens with one attached hydrogen (secondary N) is 1. The second-order valence-electron chi connectivity index (χ2n) is 3.96. The average molecular weight is 364 g/mol. The molecule has 0 spiro atoms. The Kier molecular flexibility index (Phi) is 4.07. The molecule has 0 unspecified atom stereocenters. The van der Waals surface area contributed by atoms with E-state index in [1.165, 1.54) is 11.9 Å². The molecule has 0 aromatic heterocycles. The van der Waals surface area contributed by atoms with Gasteiger partial charge in [0.15, 0.2) is 0 Å². The lowest BCUT2D eigenvalue weighted by Crippen LogP contribution is -2.19. The highest BCUT2D eigenvalue weighted by Crippen LogP contribution is 2.50. The lowest BCUT2D eigenvalue weighted by atomic mass is 10.2. The predicted octanol–water partition coefficient (Wildman–Crippen LogP) is 5.99. The summed E-state index contributed by atoms with van der Waals surface area (Å²) in [6.45, 7) is 0. The van der Waals surface area contributed by atoms with E-state index >= 15 is 0 Å². The van der Waals surface area contributed by atoms with Gasteiger partial charge in [-0.25, -0.2) is 4.99 Å². The fourth-order valence-electron chi connectivity index (χ4n) is 1.75. The summed E-state index contributed by atoms with van der Waals surface area (Å²) in [6.07, 6.45) is 0. The Balaban J connectivity index is 2.19. The first-order valence-corrected chi connectivity index (χ1v) is 7.85. The van der Waals surface area contributed by atoms with Crippen LogP contribution in [0.25, 0.3) is 0 Å². The van der Waals surface area contributed by atoms with Crippen molar-refractivity contribution in [1.29, 1.82) is 0 Å². The van der Waals surface area contributed by atoms with Crippen molar-refractivity contribution in [1.82, 2.24) is 4.72 Å². The Hall–Kier alpha value is -0.580. The highest BCUT2D eigenvalue weighted by Gasteiger charge is 2.24. The summed E-state index contributed by atoms with van der Waals surface area (Å²) in [4.78, 5) is 5.18. The zero-order chi connectivity index (χ0) is 14.3. The van der Waals surface area contributed by atoms with Crippen molar-refractivity contribution in [2.45, 2.75) is 4.90 Å². The van der Waals surface area contributed by atoms with Crippen LogP contribution in [0.5, 0.6) is 0 Å². The third-order valence-corrected chi connectivity index (χ3v) is 5.52. The number of hydrogen-bond acceptors (Lipinski definition) is 3. The van der Waals surface area contributed by atoms with Crippen molar-refractivity contribution in [3.63, 3.8) is 0 Å². The van der Waals surface area contributed by atoms with Crippen LogP contribution in [0, 0.1) is 0 Å². The second-order valence-corrected chi connectivity index (χ2v) is 6.29. The monoisotopic (exact) mass is 362 g/mol. The van der Waals surface area contributed by atoms with Crippen molar-refractivity contribution >= 4 is 69.9 Å². The van der Waals surface area contributed by atoms with E-state index < -0.39 is 0 Å². The summed E-state index contributed by atoms with van der Waals surface area (Å²) in [5.74, 6) is 0.694. The number of benzene rings is 2. The maximum absolute atomic E-state index is 6.22. The fourth-order valence-corrected chi connectivity index (χ4v) is 3.66. The first-order chi connectivity index (χ1) is 9.59. The van der Waals surface area contributed by atoms with E-state index in [1.54, 1.807) is 0 Å². The van der Waals surface area contributed by atoms with Crippen molar-refractivity contribution in [2.75, 3.05) is 0 Å². The van der Waals surface area contributed by atoms with Gasteiger partial charge in [0.05, 0.1) is 25.0 Å². The summed E-state index contributed by atoms with van der Waals surface area (Å²) in [6, 6.07) is 9.70. The zero-order valence-corrected chi connectivity index (χ0v) is 13.6. The average Bonchev–Trinajstić information content (AvgIpc) is 2.51. The minimum Gasteiger partial charge on any atom is -0.310 e. The van der Waals surface area contributed by atoms with Crippen molar-refractivity contribution < 1.29 is 0 Å². The molecule has 1 aliphatic heterocycles. The molecule has 0 saturated carbocycles. The molecule has 0 saturated heterocycles. The molecule has 1 aliphatic rings. The van der Waals surface area contributed by atoms with E-state index in [9.17, 15) is 0 Å². The molecule has 0 amide bonds. The van der Waals surface area contributed by atoms with Gasteiger partial charge in [-0.15, -0.1) is 0 Å². The molecule has 1 N–H and O–H groups in total. The molecule has 2 nitrogen and oxygen atoms in total. The number of nitrogens with zero attached hydrogens (tertiary/aromatic N) is 1. The van der Waals surface area contributed by atoms with Gasteiger partial charge in [-0.2, -0.15) is 0 Å². The van der Waals surface area contributed by atoms with Crippen LogP contribution in [0.3, 0.4) is 0 Å². The predicted molar refractivity (Wildman–Crippen MR) is 88.1 cm³/mol. The minimum absolute atomic E-state index is 0.218. The quantitative estimate of drug-likeness (QED) is 0.382. The van der Waals surface area contributed by atoms with E-state index in [2.05, 4.69) is 9.71 Å². The number of aliphatic imine (C=N–C) groups is 1. The smallest absolute Gasteiger partial charge is 0.144 e. The molecule has 7 heteroatoms. The third-order valence-electron chi connectivity index (χ3n) is 2.72. The maximum atomic E-state index is 6.22. The van der Waals surface area contributed by atoms with Crippen LogP contribution in [0.15, 0.2) is 40.2 Å². The molecule has 0 atom stereocenters. The van der Waals surface area contributed by atoms with Crippen LogP contribution < -0.4 is 4.72 Å². The molecule has 0 radical (unpaired) electrons. The molecule has 0 bridgehead atoms. The SMILES string of the molecule is Clc1c(Cl)c(Cl)c2c(c1Cl)N=C(c1ccccc1)NS2. The summed E-state index contributed by atoms with van der Waals surface area (Å²) in [5.41, 5.74) is 1.48. The van der Waals surface area contributed by atoms with Gasteiger partial charge in [0, 0.05) is 5.56 Å². The second kappa shape index (κ2) is 5.66.